The monoisotopic (exact) mass is 424 g/mol. The quantitative estimate of drug-likeness (QED) is 0.745. The molecule has 6 nitrogen and oxygen atoms in total. The fraction of sp³-hybridized carbons (Fsp3) is 0.368. The van der Waals surface area contributed by atoms with E-state index >= 15 is 0 Å². The Morgan fingerprint density at radius 3 is 2.79 bits per heavy atom. The maximum atomic E-state index is 14.5. The Balaban J connectivity index is 1.39. The number of hydrogen-bond acceptors (Lipinski definition) is 5. The molecule has 2 fully saturated rings. The number of rotatable bonds is 6. The highest BCUT2D eigenvalue weighted by atomic mass is 35.5. The zero-order chi connectivity index (χ0) is 19.9. The summed E-state index contributed by atoms with van der Waals surface area (Å²) in [6, 6.07) is 7.83. The molecular weight excluding hydrogens is 407 g/mol. The van der Waals surface area contributed by atoms with Crippen molar-refractivity contribution in [3.8, 4) is 0 Å². The Morgan fingerprint density at radius 1 is 1.39 bits per heavy atom. The fourth-order valence-corrected chi connectivity index (χ4v) is 4.29. The zero-order valence-electron chi connectivity index (χ0n) is 14.8. The van der Waals surface area contributed by atoms with Crippen LogP contribution in [-0.4, -0.2) is 42.9 Å². The van der Waals surface area contributed by atoms with E-state index in [1.807, 2.05) is 0 Å². The number of aliphatic hydroxyl groups excluding tert-OH is 1. The van der Waals surface area contributed by atoms with E-state index in [0.29, 0.717) is 20.5 Å². The minimum absolute atomic E-state index is 0.0910. The summed E-state index contributed by atoms with van der Waals surface area (Å²) in [5, 5.41) is 12.2. The van der Waals surface area contributed by atoms with Crippen LogP contribution in [0.5, 0.6) is 0 Å². The van der Waals surface area contributed by atoms with Gasteiger partial charge in [-0.15, -0.1) is 11.3 Å². The van der Waals surface area contributed by atoms with Gasteiger partial charge in [-0.05, 0) is 42.7 Å². The number of carbonyl (C=O) groups is 2. The predicted octanol–water partition coefficient (Wildman–Crippen LogP) is 3.32. The number of nitrogens with one attached hydrogen (secondary N) is 1. The molecule has 1 saturated carbocycles. The van der Waals surface area contributed by atoms with Gasteiger partial charge in [0.05, 0.1) is 34.6 Å². The summed E-state index contributed by atoms with van der Waals surface area (Å²) in [6.45, 7) is 0.255. The largest absolute Gasteiger partial charge is 0.442 e. The van der Waals surface area contributed by atoms with Crippen LogP contribution in [0.25, 0.3) is 0 Å². The highest BCUT2D eigenvalue weighted by Crippen LogP contribution is 2.49. The van der Waals surface area contributed by atoms with Crippen molar-refractivity contribution in [1.82, 2.24) is 5.32 Å². The van der Waals surface area contributed by atoms with Gasteiger partial charge >= 0.3 is 6.09 Å². The number of benzene rings is 1. The molecule has 28 heavy (non-hydrogen) atoms. The molecule has 2 heterocycles. The van der Waals surface area contributed by atoms with Gasteiger partial charge in [-0.3, -0.25) is 9.69 Å². The number of amides is 2. The second-order valence-electron chi connectivity index (χ2n) is 7.03. The number of aliphatic hydroxyl groups is 1. The van der Waals surface area contributed by atoms with Crippen molar-refractivity contribution >= 4 is 40.6 Å². The number of ether oxygens (including phenoxy) is 1. The smallest absolute Gasteiger partial charge is 0.414 e. The molecule has 1 unspecified atom stereocenters. The van der Waals surface area contributed by atoms with Crippen molar-refractivity contribution in [1.29, 1.82) is 0 Å². The predicted molar refractivity (Wildman–Crippen MR) is 104 cm³/mol. The van der Waals surface area contributed by atoms with Crippen molar-refractivity contribution in [2.45, 2.75) is 24.4 Å². The number of thiophene rings is 1. The first-order chi connectivity index (χ1) is 13.4. The lowest BCUT2D eigenvalue weighted by molar-refractivity contribution is 0.0920. The summed E-state index contributed by atoms with van der Waals surface area (Å²) in [5.41, 5.74) is 0.384. The van der Waals surface area contributed by atoms with Crippen molar-refractivity contribution in [2.75, 3.05) is 24.6 Å². The first kappa shape index (κ1) is 19.2. The molecule has 2 aliphatic rings. The molecule has 1 atom stereocenters. The maximum absolute atomic E-state index is 14.5. The van der Waals surface area contributed by atoms with Crippen LogP contribution in [0.4, 0.5) is 14.9 Å². The summed E-state index contributed by atoms with van der Waals surface area (Å²) >= 11 is 6.98. The van der Waals surface area contributed by atoms with Gasteiger partial charge in [0.15, 0.2) is 0 Å². The molecule has 1 aliphatic heterocycles. The van der Waals surface area contributed by atoms with Crippen molar-refractivity contribution in [2.24, 2.45) is 0 Å². The Morgan fingerprint density at radius 2 is 2.18 bits per heavy atom. The van der Waals surface area contributed by atoms with E-state index in [2.05, 4.69) is 5.32 Å². The van der Waals surface area contributed by atoms with Gasteiger partial charge in [-0.2, -0.15) is 0 Å². The third kappa shape index (κ3) is 3.59. The SMILES string of the molecule is O=C(NCC1CN(c2ccc(C3(CO)CC3)c(F)c2)C(=O)O1)c1ccc(Cl)s1. The summed E-state index contributed by atoms with van der Waals surface area (Å²) in [4.78, 5) is 26.1. The average molecular weight is 425 g/mol. The lowest BCUT2D eigenvalue weighted by Gasteiger charge is -2.17. The first-order valence-corrected chi connectivity index (χ1v) is 10.0. The highest BCUT2D eigenvalue weighted by Gasteiger charge is 2.45. The molecule has 0 bridgehead atoms. The standard InChI is InChI=1S/C19H18ClFN2O4S/c20-16-4-3-15(28-16)17(25)22-8-12-9-23(18(26)27-12)11-1-2-13(14(21)7-11)19(10-24)5-6-19/h1-4,7,12,24H,5-6,8-10H2,(H,22,25). The van der Waals surface area contributed by atoms with Gasteiger partial charge in [0.25, 0.3) is 5.91 Å². The van der Waals surface area contributed by atoms with Gasteiger partial charge in [0.2, 0.25) is 0 Å². The van der Waals surface area contributed by atoms with Crippen molar-refractivity contribution < 1.29 is 23.8 Å². The molecule has 2 aromatic rings. The fourth-order valence-electron chi connectivity index (χ4n) is 3.33. The van der Waals surface area contributed by atoms with Crippen LogP contribution in [0.15, 0.2) is 30.3 Å². The molecular formula is C19H18ClFN2O4S. The third-order valence-electron chi connectivity index (χ3n) is 5.15. The summed E-state index contributed by atoms with van der Waals surface area (Å²) < 4.78 is 20.3. The molecule has 9 heteroatoms. The van der Waals surface area contributed by atoms with Crippen LogP contribution in [0, 0.1) is 5.82 Å². The molecule has 2 N–H and O–H groups in total. The van der Waals surface area contributed by atoms with Gasteiger partial charge in [-0.1, -0.05) is 17.7 Å². The number of cyclic esters (lactones) is 1. The molecule has 0 spiro atoms. The summed E-state index contributed by atoms with van der Waals surface area (Å²) in [7, 11) is 0. The zero-order valence-corrected chi connectivity index (χ0v) is 16.4. The van der Waals surface area contributed by atoms with E-state index in [9.17, 15) is 19.1 Å². The van der Waals surface area contributed by atoms with E-state index in [1.165, 1.54) is 11.0 Å². The van der Waals surface area contributed by atoms with E-state index in [1.54, 1.807) is 24.3 Å². The van der Waals surface area contributed by atoms with E-state index in [4.69, 9.17) is 16.3 Å². The van der Waals surface area contributed by atoms with Crippen LogP contribution in [0.2, 0.25) is 4.34 Å². The molecule has 4 rings (SSSR count). The summed E-state index contributed by atoms with van der Waals surface area (Å²) in [5.74, 6) is -0.733. The number of hydrogen-bond donors (Lipinski definition) is 2. The molecule has 1 saturated heterocycles. The van der Waals surface area contributed by atoms with Crippen LogP contribution < -0.4 is 10.2 Å². The van der Waals surface area contributed by atoms with Crippen LogP contribution >= 0.6 is 22.9 Å². The average Bonchev–Trinajstić information content (AvgIpc) is 3.20. The lowest BCUT2D eigenvalue weighted by atomic mass is 9.96. The second-order valence-corrected chi connectivity index (χ2v) is 8.75. The Kier molecular flexibility index (Phi) is 5.03. The van der Waals surface area contributed by atoms with Crippen molar-refractivity contribution in [3.63, 3.8) is 0 Å². The molecule has 0 radical (unpaired) electrons. The summed E-state index contributed by atoms with van der Waals surface area (Å²) in [6.07, 6.45) is 0.376. The van der Waals surface area contributed by atoms with E-state index in [-0.39, 0.29) is 25.6 Å². The minimum Gasteiger partial charge on any atom is -0.442 e. The molecule has 148 valence electrons. The first-order valence-electron chi connectivity index (χ1n) is 8.84. The normalized spacial score (nSPS) is 20.2. The van der Waals surface area contributed by atoms with Gasteiger partial charge < -0.3 is 15.2 Å². The molecule has 1 aliphatic carbocycles. The molecule has 1 aromatic heterocycles. The van der Waals surface area contributed by atoms with E-state index in [0.717, 1.165) is 24.2 Å². The molecule has 2 amide bonds. The number of halogens is 2. The van der Waals surface area contributed by atoms with Gasteiger partial charge in [-0.25, -0.2) is 9.18 Å². The van der Waals surface area contributed by atoms with Crippen LogP contribution in [-0.2, 0) is 10.2 Å². The second kappa shape index (κ2) is 7.35. The number of nitrogens with zero attached hydrogens (tertiary/aromatic N) is 1. The lowest BCUT2D eigenvalue weighted by Crippen LogP contribution is -2.34. The Hall–Kier alpha value is -2.16. The third-order valence-corrected chi connectivity index (χ3v) is 6.38. The van der Waals surface area contributed by atoms with Gasteiger partial charge in [0, 0.05) is 5.41 Å². The highest BCUT2D eigenvalue weighted by molar-refractivity contribution is 7.17. The van der Waals surface area contributed by atoms with Crippen molar-refractivity contribution in [3.05, 3.63) is 50.9 Å². The van der Waals surface area contributed by atoms with Gasteiger partial charge in [0.1, 0.15) is 11.9 Å². The molecule has 1 aromatic carbocycles. The number of anilines is 1. The van der Waals surface area contributed by atoms with E-state index < -0.39 is 23.4 Å². The van der Waals surface area contributed by atoms with Crippen LogP contribution in [0.3, 0.4) is 0 Å². The van der Waals surface area contributed by atoms with Crippen LogP contribution in [0.1, 0.15) is 28.1 Å². The Labute approximate surface area is 169 Å². The number of carbonyl (C=O) groups excluding carboxylic acids is 2. The Bertz CT molecular complexity index is 930. The topological polar surface area (TPSA) is 78.9 Å². The maximum Gasteiger partial charge on any atom is 0.414 e. The minimum atomic E-state index is -0.589.